The Balaban J connectivity index is 3.92. The van der Waals surface area contributed by atoms with E-state index in [2.05, 4.69) is 0 Å². The Kier molecular flexibility index (Phi) is 7.88. The molecule has 0 N–H and O–H groups in total. The highest BCUT2D eigenvalue weighted by atomic mass is 127. The molecule has 0 aliphatic carbocycles. The van der Waals surface area contributed by atoms with Crippen molar-refractivity contribution in [3.05, 3.63) is 0 Å². The summed E-state index contributed by atoms with van der Waals surface area (Å²) in [5.41, 5.74) is 0. The predicted octanol–water partition coefficient (Wildman–Crippen LogP) is 1.72. The van der Waals surface area contributed by atoms with Gasteiger partial charge in [0.05, 0.1) is 8.86 Å². The molecule has 0 rings (SSSR count). The largest absolute Gasteiger partial charge is 0.458 e. The summed E-state index contributed by atoms with van der Waals surface area (Å²) in [4.78, 5) is 21.8. The molecular formula is C8H12I2O4. The number of ether oxygens (including phenoxy) is 2. The fourth-order valence-electron chi connectivity index (χ4n) is 0.669. The van der Waals surface area contributed by atoms with Crippen molar-refractivity contribution in [1.82, 2.24) is 0 Å². The van der Waals surface area contributed by atoms with E-state index in [4.69, 9.17) is 9.47 Å². The molecule has 0 aliphatic heterocycles. The molecule has 0 bridgehead atoms. The van der Waals surface area contributed by atoms with Crippen LogP contribution in [0.4, 0.5) is 0 Å². The lowest BCUT2D eigenvalue weighted by molar-refractivity contribution is -0.161. The van der Waals surface area contributed by atoms with E-state index in [1.54, 1.807) is 13.8 Å². The monoisotopic (exact) mass is 426 g/mol. The van der Waals surface area contributed by atoms with Crippen LogP contribution in [-0.4, -0.2) is 33.0 Å². The molecule has 2 atom stereocenters. The van der Waals surface area contributed by atoms with E-state index >= 15 is 0 Å². The van der Waals surface area contributed by atoms with Gasteiger partial charge in [0.25, 0.3) is 0 Å². The van der Waals surface area contributed by atoms with E-state index < -0.39 is 12.2 Å². The molecule has 0 saturated carbocycles. The van der Waals surface area contributed by atoms with Crippen molar-refractivity contribution in [1.29, 1.82) is 0 Å². The van der Waals surface area contributed by atoms with Gasteiger partial charge in [0.15, 0.2) is 0 Å². The summed E-state index contributed by atoms with van der Waals surface area (Å²) in [6.07, 6.45) is -0.798. The molecule has 0 saturated heterocycles. The molecule has 0 spiro atoms. The molecule has 0 amide bonds. The van der Waals surface area contributed by atoms with Crippen molar-refractivity contribution in [2.24, 2.45) is 0 Å². The van der Waals surface area contributed by atoms with E-state index in [9.17, 15) is 9.59 Å². The highest BCUT2D eigenvalue weighted by molar-refractivity contribution is 14.1. The van der Waals surface area contributed by atoms with Crippen LogP contribution in [0, 0.1) is 0 Å². The summed E-state index contributed by atoms with van der Waals surface area (Å²) in [6.45, 7) is 3.41. The van der Waals surface area contributed by atoms with Crippen molar-refractivity contribution in [2.75, 3.05) is 8.86 Å². The van der Waals surface area contributed by atoms with Gasteiger partial charge in [0.1, 0.15) is 12.2 Å². The van der Waals surface area contributed by atoms with Crippen molar-refractivity contribution < 1.29 is 19.1 Å². The van der Waals surface area contributed by atoms with Gasteiger partial charge in [0, 0.05) is 0 Å². The summed E-state index contributed by atoms with van der Waals surface area (Å²) in [5, 5.41) is 0. The SMILES string of the molecule is CC(OC(=O)CI)C(C)OC(=O)CI. The van der Waals surface area contributed by atoms with Crippen LogP contribution < -0.4 is 0 Å². The number of esters is 2. The van der Waals surface area contributed by atoms with E-state index in [1.165, 1.54) is 0 Å². The summed E-state index contributed by atoms with van der Waals surface area (Å²) < 4.78 is 10.6. The van der Waals surface area contributed by atoms with E-state index in [-0.39, 0.29) is 11.9 Å². The predicted molar refractivity (Wildman–Crippen MR) is 68.9 cm³/mol. The molecule has 2 unspecified atom stereocenters. The lowest BCUT2D eigenvalue weighted by Gasteiger charge is -2.19. The van der Waals surface area contributed by atoms with Crippen LogP contribution in [0.25, 0.3) is 0 Å². The minimum absolute atomic E-state index is 0.296. The first kappa shape index (κ1) is 14.4. The van der Waals surface area contributed by atoms with E-state index in [1.807, 2.05) is 45.2 Å². The number of hydrogen-bond acceptors (Lipinski definition) is 4. The van der Waals surface area contributed by atoms with Gasteiger partial charge in [0.2, 0.25) is 0 Å². The molecule has 82 valence electrons. The van der Waals surface area contributed by atoms with Gasteiger partial charge in [-0.15, -0.1) is 0 Å². The zero-order chi connectivity index (χ0) is 11.1. The minimum atomic E-state index is -0.399. The maximum absolute atomic E-state index is 10.9. The third-order valence-electron chi connectivity index (χ3n) is 1.51. The first-order chi connectivity index (χ1) is 6.51. The van der Waals surface area contributed by atoms with Gasteiger partial charge in [-0.1, -0.05) is 45.2 Å². The molecule has 0 aromatic rings. The van der Waals surface area contributed by atoms with Gasteiger partial charge in [-0.25, -0.2) is 0 Å². The highest BCUT2D eigenvalue weighted by Gasteiger charge is 2.19. The molecular weight excluding hydrogens is 414 g/mol. The van der Waals surface area contributed by atoms with Crippen LogP contribution in [0.3, 0.4) is 0 Å². The van der Waals surface area contributed by atoms with Crippen molar-refractivity contribution in [3.8, 4) is 0 Å². The van der Waals surface area contributed by atoms with Gasteiger partial charge < -0.3 is 9.47 Å². The summed E-state index contributed by atoms with van der Waals surface area (Å²) >= 11 is 3.84. The number of alkyl halides is 2. The van der Waals surface area contributed by atoms with Crippen molar-refractivity contribution in [2.45, 2.75) is 26.1 Å². The summed E-state index contributed by atoms with van der Waals surface area (Å²) in [5.74, 6) is -0.592. The zero-order valence-electron chi connectivity index (χ0n) is 7.96. The Morgan fingerprint density at radius 2 is 1.29 bits per heavy atom. The maximum Gasteiger partial charge on any atom is 0.316 e. The lowest BCUT2D eigenvalue weighted by Crippen LogP contribution is -2.31. The second-order valence-electron chi connectivity index (χ2n) is 2.66. The van der Waals surface area contributed by atoms with Gasteiger partial charge in [-0.05, 0) is 13.8 Å². The molecule has 4 nitrogen and oxygen atoms in total. The molecule has 6 heteroatoms. The van der Waals surface area contributed by atoms with Crippen LogP contribution in [-0.2, 0) is 19.1 Å². The Morgan fingerprint density at radius 1 is 1.00 bits per heavy atom. The van der Waals surface area contributed by atoms with Crippen LogP contribution in [0.2, 0.25) is 0 Å². The lowest BCUT2D eigenvalue weighted by atomic mass is 10.2. The Morgan fingerprint density at radius 3 is 1.50 bits per heavy atom. The molecule has 0 fully saturated rings. The number of hydrogen-bond donors (Lipinski definition) is 0. The van der Waals surface area contributed by atoms with Gasteiger partial charge >= 0.3 is 11.9 Å². The average molecular weight is 426 g/mol. The second kappa shape index (κ2) is 7.66. The standard InChI is InChI=1S/C8H12I2O4/c1-5(13-7(11)3-9)6(2)14-8(12)4-10/h5-6H,3-4H2,1-2H3. The second-order valence-corrected chi connectivity index (χ2v) is 4.18. The molecule has 0 aromatic carbocycles. The third-order valence-corrected chi connectivity index (χ3v) is 2.76. The normalized spacial score (nSPS) is 14.3. The van der Waals surface area contributed by atoms with Crippen LogP contribution >= 0.6 is 45.2 Å². The molecule has 0 radical (unpaired) electrons. The van der Waals surface area contributed by atoms with E-state index in [0.29, 0.717) is 8.86 Å². The summed E-state index contributed by atoms with van der Waals surface area (Å²) in [7, 11) is 0. The Bertz CT molecular complexity index is 186. The zero-order valence-corrected chi connectivity index (χ0v) is 12.3. The van der Waals surface area contributed by atoms with Crippen LogP contribution in [0.1, 0.15) is 13.8 Å². The quantitative estimate of drug-likeness (QED) is 0.382. The van der Waals surface area contributed by atoms with Crippen LogP contribution in [0.15, 0.2) is 0 Å². The first-order valence-corrected chi connectivity index (χ1v) is 7.07. The highest BCUT2D eigenvalue weighted by Crippen LogP contribution is 2.05. The molecule has 0 aliphatic rings. The molecule has 14 heavy (non-hydrogen) atoms. The topological polar surface area (TPSA) is 52.6 Å². The fourth-order valence-corrected chi connectivity index (χ4v) is 1.03. The molecule has 0 heterocycles. The number of rotatable bonds is 5. The fraction of sp³-hybridized carbons (Fsp3) is 0.750. The Labute approximate surface area is 110 Å². The average Bonchev–Trinajstić information content (AvgIpc) is 2.17. The smallest absolute Gasteiger partial charge is 0.316 e. The number of carbonyl (C=O) groups excluding carboxylic acids is 2. The number of halogens is 2. The first-order valence-electron chi connectivity index (χ1n) is 4.02. The van der Waals surface area contributed by atoms with E-state index in [0.717, 1.165) is 0 Å². The summed E-state index contributed by atoms with van der Waals surface area (Å²) in [6, 6.07) is 0. The van der Waals surface area contributed by atoms with Crippen LogP contribution in [0.5, 0.6) is 0 Å². The molecule has 0 aromatic heterocycles. The van der Waals surface area contributed by atoms with Gasteiger partial charge in [-0.3, -0.25) is 9.59 Å². The third kappa shape index (κ3) is 5.99. The van der Waals surface area contributed by atoms with Crippen molar-refractivity contribution >= 4 is 57.1 Å². The number of carbonyl (C=O) groups is 2. The maximum atomic E-state index is 10.9. The van der Waals surface area contributed by atoms with Gasteiger partial charge in [-0.2, -0.15) is 0 Å². The Hall–Kier alpha value is 0.400. The van der Waals surface area contributed by atoms with Crippen molar-refractivity contribution in [3.63, 3.8) is 0 Å². The minimum Gasteiger partial charge on any atom is -0.458 e.